The molecule has 0 radical (unpaired) electrons. The maximum atomic E-state index is 7.80. The largest absolute Gasteiger partial charge is 0.456 e. The Kier molecular flexibility index (Phi) is 32.8. The molecular weight excluding hydrogens is 1610 g/mol. The first-order valence-corrected chi connectivity index (χ1v) is 55.3. The van der Waals surface area contributed by atoms with Crippen LogP contribution in [0.15, 0.2) is 221 Å². The summed E-state index contributed by atoms with van der Waals surface area (Å²) in [6.07, 6.45) is 64.9. The monoisotopic (exact) mass is 1770 g/mol. The van der Waals surface area contributed by atoms with Gasteiger partial charge in [-0.2, -0.15) is 0 Å². The molecule has 700 valence electrons. The number of nitrogens with zero attached hydrogens (tertiary/aromatic N) is 1. The van der Waals surface area contributed by atoms with Gasteiger partial charge in [-0.05, 0) is 201 Å². The Morgan fingerprint density at radius 3 is 1.02 bits per heavy atom. The smallest absolute Gasteiger partial charge is 0.144 e. The molecule has 0 spiro atoms. The molecule has 0 N–H and O–H groups in total. The number of benzene rings is 11. The predicted molar refractivity (Wildman–Crippen MR) is 577 cm³/mol. The van der Waals surface area contributed by atoms with Crippen LogP contribution in [0.3, 0.4) is 0 Å². The SMILES string of the molecule is CCCCCCCCC1(CCCCCCCC)c2cc(N(c3ccc4c(c3)C(CCCCCCC)(CCCCCCC)c3c5c(c6oc7ccccc7c6c3-4)-c3ccccc3C5(CCCCCCC)CCCCCCC)c3c(-c4ccccc4)cccc3-c3ccccc3)ccc2-c2cc3c(cc21)-c1c(ccc2oc4ccccc4c12)C3(CCCCCCCC)CCCCCCCC. The zero-order valence-corrected chi connectivity index (χ0v) is 83.7. The average molecular weight is 1770 g/mol. The molecule has 0 saturated carbocycles. The molecule has 4 aliphatic rings. The molecule has 4 aliphatic carbocycles. The van der Waals surface area contributed by atoms with E-state index in [1.54, 1.807) is 44.5 Å². The van der Waals surface area contributed by atoms with E-state index < -0.39 is 0 Å². The van der Waals surface area contributed by atoms with Crippen LogP contribution in [-0.2, 0) is 21.7 Å². The molecule has 133 heavy (non-hydrogen) atoms. The Labute approximate surface area is 803 Å². The van der Waals surface area contributed by atoms with E-state index in [0.29, 0.717) is 0 Å². The van der Waals surface area contributed by atoms with Crippen LogP contribution in [0.4, 0.5) is 17.1 Å². The quantitative estimate of drug-likeness (QED) is 0.0356. The van der Waals surface area contributed by atoms with Crippen LogP contribution in [0.25, 0.3) is 111 Å². The lowest BCUT2D eigenvalue weighted by molar-refractivity contribution is 0.369. The van der Waals surface area contributed by atoms with Crippen LogP contribution in [-0.4, -0.2) is 0 Å². The highest BCUT2D eigenvalue weighted by molar-refractivity contribution is 6.21. The first kappa shape index (κ1) is 95.5. The van der Waals surface area contributed by atoms with Gasteiger partial charge in [0.15, 0.2) is 0 Å². The summed E-state index contributed by atoms with van der Waals surface area (Å²) in [6.45, 7) is 19.1. The molecule has 2 heterocycles. The molecular formula is C130H163NO2. The summed E-state index contributed by atoms with van der Waals surface area (Å²) in [5, 5.41) is 5.20. The van der Waals surface area contributed by atoms with Crippen molar-refractivity contribution in [2.24, 2.45) is 0 Å². The number of anilines is 3. The van der Waals surface area contributed by atoms with Crippen LogP contribution in [0.5, 0.6) is 0 Å². The van der Waals surface area contributed by atoms with Crippen LogP contribution in [0, 0.1) is 0 Å². The molecule has 0 bridgehead atoms. The molecule has 11 aromatic carbocycles. The van der Waals surface area contributed by atoms with Gasteiger partial charge in [0.1, 0.15) is 22.3 Å². The van der Waals surface area contributed by atoms with Crippen LogP contribution < -0.4 is 4.90 Å². The van der Waals surface area contributed by atoms with E-state index in [1.165, 1.54) is 401 Å². The Hall–Kier alpha value is -9.18. The number of hydrogen-bond donors (Lipinski definition) is 0. The molecule has 0 fully saturated rings. The number of furan rings is 2. The molecule has 0 amide bonds. The lowest BCUT2D eigenvalue weighted by atomic mass is 9.62. The van der Waals surface area contributed by atoms with Gasteiger partial charge in [-0.1, -0.05) is 496 Å². The van der Waals surface area contributed by atoms with Crippen LogP contribution in [0.1, 0.15) is 434 Å². The third kappa shape index (κ3) is 19.3. The summed E-state index contributed by atoms with van der Waals surface area (Å²) in [4.78, 5) is 2.88. The Balaban J connectivity index is 0.961. The van der Waals surface area contributed by atoms with E-state index in [0.717, 1.165) is 60.9 Å². The fourth-order valence-corrected chi connectivity index (χ4v) is 26.5. The van der Waals surface area contributed by atoms with Crippen molar-refractivity contribution >= 4 is 60.9 Å². The van der Waals surface area contributed by atoms with Crippen molar-refractivity contribution in [1.29, 1.82) is 0 Å². The first-order chi connectivity index (χ1) is 65.7. The van der Waals surface area contributed by atoms with Gasteiger partial charge in [0.2, 0.25) is 0 Å². The van der Waals surface area contributed by atoms with E-state index in [1.807, 2.05) is 0 Å². The second-order valence-electron chi connectivity index (χ2n) is 42.0. The third-order valence-corrected chi connectivity index (χ3v) is 33.2. The zero-order chi connectivity index (χ0) is 91.4. The molecule has 13 aromatic rings. The second-order valence-corrected chi connectivity index (χ2v) is 42.0. The zero-order valence-electron chi connectivity index (χ0n) is 83.7. The molecule has 2 aromatic heterocycles. The van der Waals surface area contributed by atoms with E-state index in [2.05, 4.69) is 273 Å². The van der Waals surface area contributed by atoms with Crippen LogP contribution >= 0.6 is 0 Å². The molecule has 0 aliphatic heterocycles. The number of fused-ring (bicyclic) bond motifs is 22. The van der Waals surface area contributed by atoms with Gasteiger partial charge < -0.3 is 13.7 Å². The number of rotatable bonds is 57. The predicted octanol–water partition coefficient (Wildman–Crippen LogP) is 41.8. The highest BCUT2D eigenvalue weighted by atomic mass is 16.3. The summed E-state index contributed by atoms with van der Waals surface area (Å²) in [5.41, 5.74) is 36.5. The van der Waals surface area contributed by atoms with Crippen molar-refractivity contribution in [2.75, 3.05) is 4.90 Å². The standard InChI is InChI=1S/C130H163NO2/c1-9-17-25-33-41-57-84-127(85-58-42-34-26-18-10-2)110-82-83-117-119(105-71-52-55-76-115(105)132-117)118(110)108-95-113-107(94-114(108)127)102-80-78-98(92-111(102)128(113,86-59-43-35-27-19-11-3)87-60-44-36-28-20-12-4)131(125-100(96-66-47-45-48-67-96)73-65-74-101(125)97-68-49-46-50-69-97)99-79-81-104-112(93-99)130(90-63-39-31-23-15-7,91-64-40-32-24-16-8)123-120(104)121-106-72-53-56-77-116(106)133-126(121)122-103-70-51-54-75-109(103)129(124(122)123,88-61-37-29-21-13-5)89-62-38-30-22-14-6/h45-56,65-83,92-95H,9-44,57-64,84-91H2,1-8H3. The molecule has 17 rings (SSSR count). The van der Waals surface area contributed by atoms with Gasteiger partial charge in [0.05, 0.1) is 5.69 Å². The first-order valence-electron chi connectivity index (χ1n) is 55.3. The van der Waals surface area contributed by atoms with Crippen LogP contribution in [0.2, 0.25) is 0 Å². The molecule has 3 nitrogen and oxygen atoms in total. The van der Waals surface area contributed by atoms with Crippen molar-refractivity contribution in [3.8, 4) is 66.8 Å². The maximum absolute atomic E-state index is 7.80. The van der Waals surface area contributed by atoms with Gasteiger partial charge in [-0.25, -0.2) is 0 Å². The Bertz CT molecular complexity index is 5840. The minimum atomic E-state index is -0.323. The van der Waals surface area contributed by atoms with Gasteiger partial charge in [0, 0.05) is 71.3 Å². The average Bonchev–Trinajstić information content (AvgIpc) is 1.49. The number of hydrogen-bond acceptors (Lipinski definition) is 3. The van der Waals surface area contributed by atoms with Crippen molar-refractivity contribution in [1.82, 2.24) is 0 Å². The van der Waals surface area contributed by atoms with E-state index >= 15 is 0 Å². The fourth-order valence-electron chi connectivity index (χ4n) is 26.5. The number of unbranched alkanes of at least 4 members (excludes halogenated alkanes) is 36. The summed E-state index contributed by atoms with van der Waals surface area (Å²) in [7, 11) is 0. The summed E-state index contributed by atoms with van der Waals surface area (Å²) in [5.74, 6) is 0. The second kappa shape index (κ2) is 45.6. The van der Waals surface area contributed by atoms with Crippen molar-refractivity contribution in [3.05, 3.63) is 257 Å². The van der Waals surface area contributed by atoms with E-state index in [9.17, 15) is 0 Å². The number of para-hydroxylation sites is 3. The lowest BCUT2D eigenvalue weighted by Gasteiger charge is -2.40. The summed E-state index contributed by atoms with van der Waals surface area (Å²) in [6, 6.07) is 86.1. The van der Waals surface area contributed by atoms with E-state index in [4.69, 9.17) is 8.83 Å². The third-order valence-electron chi connectivity index (χ3n) is 33.2. The van der Waals surface area contributed by atoms with Gasteiger partial charge >= 0.3 is 0 Å². The van der Waals surface area contributed by atoms with Gasteiger partial charge in [-0.3, -0.25) is 0 Å². The normalized spacial score (nSPS) is 14.3. The highest BCUT2D eigenvalue weighted by Crippen LogP contribution is 2.70. The molecule has 3 heteroatoms. The van der Waals surface area contributed by atoms with Crippen molar-refractivity contribution in [2.45, 2.75) is 411 Å². The minimum absolute atomic E-state index is 0.143. The highest BCUT2D eigenvalue weighted by Gasteiger charge is 2.55. The molecule has 0 unspecified atom stereocenters. The topological polar surface area (TPSA) is 29.5 Å². The Morgan fingerprint density at radius 2 is 0.549 bits per heavy atom. The van der Waals surface area contributed by atoms with Crippen molar-refractivity contribution in [3.63, 3.8) is 0 Å². The van der Waals surface area contributed by atoms with E-state index in [-0.39, 0.29) is 21.7 Å². The lowest BCUT2D eigenvalue weighted by Crippen LogP contribution is -2.33. The minimum Gasteiger partial charge on any atom is -0.456 e. The van der Waals surface area contributed by atoms with Crippen molar-refractivity contribution < 1.29 is 8.83 Å². The Morgan fingerprint density at radius 1 is 0.211 bits per heavy atom. The molecule has 0 atom stereocenters. The molecule has 0 saturated heterocycles. The van der Waals surface area contributed by atoms with Gasteiger partial charge in [-0.15, -0.1) is 0 Å². The summed E-state index contributed by atoms with van der Waals surface area (Å²) < 4.78 is 14.9. The maximum Gasteiger partial charge on any atom is 0.144 e. The van der Waals surface area contributed by atoms with Gasteiger partial charge in [0.25, 0.3) is 0 Å². The summed E-state index contributed by atoms with van der Waals surface area (Å²) >= 11 is 0. The fraction of sp³-hybridized carbons (Fsp3) is 0.492.